The van der Waals surface area contributed by atoms with E-state index in [9.17, 15) is 13.2 Å². The molecule has 0 aromatic carbocycles. The van der Waals surface area contributed by atoms with Gasteiger partial charge in [0.25, 0.3) is 0 Å². The lowest BCUT2D eigenvalue weighted by Crippen LogP contribution is -2.40. The van der Waals surface area contributed by atoms with Crippen molar-refractivity contribution < 1.29 is 13.2 Å². The van der Waals surface area contributed by atoms with Gasteiger partial charge in [0.1, 0.15) is 5.82 Å². The molecule has 21 heavy (non-hydrogen) atoms. The molecule has 118 valence electrons. The minimum absolute atomic E-state index is 0.212. The summed E-state index contributed by atoms with van der Waals surface area (Å²) in [6.45, 7) is 6.95. The summed E-state index contributed by atoms with van der Waals surface area (Å²) in [5.41, 5.74) is -0.697. The normalized spacial score (nSPS) is 17.2. The van der Waals surface area contributed by atoms with Gasteiger partial charge < -0.3 is 10.2 Å². The van der Waals surface area contributed by atoms with Crippen molar-refractivity contribution in [1.82, 2.24) is 10.3 Å². The standard InChI is InChI=1S/C15H22F3N3/c1-11(2)21(10-12-5-7-19-8-6-12)14-4-3-13(9-20-14)15(16,17)18/h3-4,9,11-12,19H,5-8,10H2,1-2H3. The van der Waals surface area contributed by atoms with Crippen molar-refractivity contribution in [2.75, 3.05) is 24.5 Å². The Hall–Kier alpha value is -1.30. The van der Waals surface area contributed by atoms with Gasteiger partial charge in [0.05, 0.1) is 5.56 Å². The molecular formula is C15H22F3N3. The highest BCUT2D eigenvalue weighted by Crippen LogP contribution is 2.30. The molecule has 0 radical (unpaired) electrons. The molecule has 1 saturated heterocycles. The summed E-state index contributed by atoms with van der Waals surface area (Å²) < 4.78 is 37.8. The molecule has 1 N–H and O–H groups in total. The summed E-state index contributed by atoms with van der Waals surface area (Å²) in [5.74, 6) is 1.19. The zero-order valence-electron chi connectivity index (χ0n) is 12.5. The number of anilines is 1. The van der Waals surface area contributed by atoms with E-state index in [1.54, 1.807) is 0 Å². The number of nitrogens with one attached hydrogen (secondary N) is 1. The average molecular weight is 301 g/mol. The van der Waals surface area contributed by atoms with Crippen LogP contribution >= 0.6 is 0 Å². The fourth-order valence-corrected chi connectivity index (χ4v) is 2.63. The van der Waals surface area contributed by atoms with E-state index in [0.717, 1.165) is 44.7 Å². The van der Waals surface area contributed by atoms with E-state index in [2.05, 4.69) is 15.2 Å². The van der Waals surface area contributed by atoms with E-state index in [1.807, 2.05) is 13.8 Å². The molecule has 0 unspecified atom stereocenters. The number of halogens is 3. The summed E-state index contributed by atoms with van der Waals surface area (Å²) >= 11 is 0. The van der Waals surface area contributed by atoms with Crippen LogP contribution in [0.15, 0.2) is 18.3 Å². The Bertz CT molecular complexity index is 436. The van der Waals surface area contributed by atoms with Gasteiger partial charge in [0.2, 0.25) is 0 Å². The first-order valence-electron chi connectivity index (χ1n) is 7.38. The third-order valence-electron chi connectivity index (χ3n) is 3.91. The minimum Gasteiger partial charge on any atom is -0.354 e. The van der Waals surface area contributed by atoms with Crippen LogP contribution in [-0.4, -0.2) is 30.7 Å². The Morgan fingerprint density at radius 2 is 1.95 bits per heavy atom. The Kier molecular flexibility index (Phi) is 5.08. The fraction of sp³-hybridized carbons (Fsp3) is 0.667. The van der Waals surface area contributed by atoms with E-state index in [4.69, 9.17) is 0 Å². The zero-order valence-corrected chi connectivity index (χ0v) is 12.5. The van der Waals surface area contributed by atoms with Crippen molar-refractivity contribution >= 4 is 5.82 Å². The van der Waals surface area contributed by atoms with E-state index < -0.39 is 11.7 Å². The van der Waals surface area contributed by atoms with Crippen molar-refractivity contribution in [2.24, 2.45) is 5.92 Å². The van der Waals surface area contributed by atoms with Crippen molar-refractivity contribution in [2.45, 2.75) is 38.9 Å². The van der Waals surface area contributed by atoms with Crippen LogP contribution in [-0.2, 0) is 6.18 Å². The molecule has 0 saturated carbocycles. The third kappa shape index (κ3) is 4.33. The number of rotatable bonds is 4. The monoisotopic (exact) mass is 301 g/mol. The first-order valence-corrected chi connectivity index (χ1v) is 7.38. The number of nitrogens with zero attached hydrogens (tertiary/aromatic N) is 2. The van der Waals surface area contributed by atoms with Crippen LogP contribution in [0.5, 0.6) is 0 Å². The molecule has 1 aliphatic rings. The van der Waals surface area contributed by atoms with Crippen LogP contribution in [0.4, 0.5) is 19.0 Å². The second-order valence-corrected chi connectivity index (χ2v) is 5.84. The van der Waals surface area contributed by atoms with Gasteiger partial charge in [-0.1, -0.05) is 0 Å². The SMILES string of the molecule is CC(C)N(CC1CCNCC1)c1ccc(C(F)(F)F)cn1. The second-order valence-electron chi connectivity index (χ2n) is 5.84. The van der Waals surface area contributed by atoms with Crippen LogP contribution in [0, 0.1) is 5.92 Å². The maximum absolute atomic E-state index is 12.6. The molecule has 1 aromatic heterocycles. The largest absolute Gasteiger partial charge is 0.417 e. The van der Waals surface area contributed by atoms with Crippen molar-refractivity contribution in [3.05, 3.63) is 23.9 Å². The Morgan fingerprint density at radius 1 is 1.29 bits per heavy atom. The van der Waals surface area contributed by atoms with Gasteiger partial charge in [0.15, 0.2) is 0 Å². The molecule has 2 heterocycles. The minimum atomic E-state index is -4.33. The van der Waals surface area contributed by atoms with Crippen LogP contribution in [0.3, 0.4) is 0 Å². The van der Waals surface area contributed by atoms with Gasteiger partial charge in [-0.05, 0) is 57.8 Å². The van der Waals surface area contributed by atoms with Crippen molar-refractivity contribution in [3.63, 3.8) is 0 Å². The highest BCUT2D eigenvalue weighted by Gasteiger charge is 2.31. The summed E-state index contributed by atoms with van der Waals surface area (Å²) in [4.78, 5) is 6.12. The van der Waals surface area contributed by atoms with Gasteiger partial charge in [-0.2, -0.15) is 13.2 Å². The maximum Gasteiger partial charge on any atom is 0.417 e. The molecule has 0 amide bonds. The van der Waals surface area contributed by atoms with Crippen LogP contribution in [0.1, 0.15) is 32.3 Å². The van der Waals surface area contributed by atoms with E-state index in [-0.39, 0.29) is 6.04 Å². The first kappa shape index (κ1) is 16.1. The summed E-state index contributed by atoms with van der Waals surface area (Å²) in [6, 6.07) is 2.80. The lowest BCUT2D eigenvalue weighted by molar-refractivity contribution is -0.137. The van der Waals surface area contributed by atoms with Gasteiger partial charge in [-0.25, -0.2) is 4.98 Å². The predicted molar refractivity (Wildman–Crippen MR) is 77.3 cm³/mol. The molecule has 1 aliphatic heterocycles. The van der Waals surface area contributed by atoms with Gasteiger partial charge >= 0.3 is 6.18 Å². The van der Waals surface area contributed by atoms with Crippen LogP contribution < -0.4 is 10.2 Å². The van der Waals surface area contributed by atoms with Crippen molar-refractivity contribution in [3.8, 4) is 0 Å². The van der Waals surface area contributed by atoms with Gasteiger partial charge in [-0.15, -0.1) is 0 Å². The number of pyridine rings is 1. The molecule has 0 atom stereocenters. The molecule has 3 nitrogen and oxygen atoms in total. The lowest BCUT2D eigenvalue weighted by Gasteiger charge is -2.33. The maximum atomic E-state index is 12.6. The smallest absolute Gasteiger partial charge is 0.354 e. The molecule has 6 heteroatoms. The van der Waals surface area contributed by atoms with Crippen molar-refractivity contribution in [1.29, 1.82) is 0 Å². The Labute approximate surface area is 123 Å². The molecule has 1 aromatic rings. The summed E-state index contributed by atoms with van der Waals surface area (Å²) in [7, 11) is 0. The Morgan fingerprint density at radius 3 is 2.43 bits per heavy atom. The third-order valence-corrected chi connectivity index (χ3v) is 3.91. The number of hydrogen-bond donors (Lipinski definition) is 1. The lowest BCUT2D eigenvalue weighted by atomic mass is 9.97. The molecule has 1 fully saturated rings. The number of alkyl halides is 3. The molecule has 0 aliphatic carbocycles. The molecular weight excluding hydrogens is 279 g/mol. The van der Waals surface area contributed by atoms with E-state index in [1.165, 1.54) is 6.07 Å². The quantitative estimate of drug-likeness (QED) is 0.925. The highest BCUT2D eigenvalue weighted by atomic mass is 19.4. The Balaban J connectivity index is 2.10. The average Bonchev–Trinajstić information content (AvgIpc) is 2.45. The zero-order chi connectivity index (χ0) is 15.5. The molecule has 0 spiro atoms. The topological polar surface area (TPSA) is 28.2 Å². The summed E-state index contributed by atoms with van der Waals surface area (Å²) in [6.07, 6.45) is -1.20. The molecule has 0 bridgehead atoms. The number of hydrogen-bond acceptors (Lipinski definition) is 3. The number of aromatic nitrogens is 1. The first-order chi connectivity index (χ1) is 9.88. The van der Waals surface area contributed by atoms with Crippen LogP contribution in [0.25, 0.3) is 0 Å². The van der Waals surface area contributed by atoms with E-state index in [0.29, 0.717) is 11.7 Å². The van der Waals surface area contributed by atoms with Crippen LogP contribution in [0.2, 0.25) is 0 Å². The number of piperidine rings is 1. The summed E-state index contributed by atoms with van der Waals surface area (Å²) in [5, 5.41) is 3.32. The van der Waals surface area contributed by atoms with Gasteiger partial charge in [0, 0.05) is 18.8 Å². The fourth-order valence-electron chi connectivity index (χ4n) is 2.63. The second kappa shape index (κ2) is 6.64. The van der Waals surface area contributed by atoms with E-state index >= 15 is 0 Å². The molecule has 2 rings (SSSR count). The van der Waals surface area contributed by atoms with Gasteiger partial charge in [-0.3, -0.25) is 0 Å². The highest BCUT2D eigenvalue weighted by molar-refractivity contribution is 5.40. The predicted octanol–water partition coefficient (Wildman–Crippen LogP) is 3.31.